The van der Waals surface area contributed by atoms with Crippen LogP contribution in [0.15, 0.2) is 0 Å². The van der Waals surface area contributed by atoms with Gasteiger partial charge in [-0.25, -0.2) is 4.39 Å². The molecule has 0 aliphatic carbocycles. The number of nitrogens with two attached hydrogens (primary N) is 1. The van der Waals surface area contributed by atoms with Gasteiger partial charge < -0.3 is 21.1 Å². The van der Waals surface area contributed by atoms with E-state index in [0.29, 0.717) is 0 Å². The van der Waals surface area contributed by atoms with Crippen LogP contribution in [0.5, 0.6) is 0 Å². The average Bonchev–Trinajstić information content (AvgIpc) is 2.12. The van der Waals surface area contributed by atoms with Gasteiger partial charge in [0.25, 0.3) is 0 Å². The van der Waals surface area contributed by atoms with E-state index in [1.807, 2.05) is 0 Å². The lowest BCUT2D eigenvalue weighted by Gasteiger charge is -2.14. The van der Waals surface area contributed by atoms with Crippen LogP contribution >= 0.6 is 0 Å². The Morgan fingerprint density at radius 1 is 1.42 bits per heavy atom. The van der Waals surface area contributed by atoms with E-state index in [0.717, 1.165) is 0 Å². The van der Waals surface area contributed by atoms with Crippen molar-refractivity contribution in [3.63, 3.8) is 0 Å². The third-order valence-corrected chi connectivity index (χ3v) is 1.36. The maximum Gasteiger partial charge on any atom is 0.188 e. The average molecular weight is 181 g/mol. The van der Waals surface area contributed by atoms with Crippen molar-refractivity contribution in [3.05, 3.63) is 0 Å². The molecule has 0 saturated heterocycles. The van der Waals surface area contributed by atoms with Gasteiger partial charge in [0, 0.05) is 0 Å². The van der Waals surface area contributed by atoms with Gasteiger partial charge in [-0.05, 0) is 0 Å². The predicted octanol–water partition coefficient (Wildman–Crippen LogP) is -2.43. The van der Waals surface area contributed by atoms with E-state index < -0.39 is 37.3 Å². The first-order valence-corrected chi connectivity index (χ1v) is 3.37. The number of carbonyl (C=O) groups excluding carboxylic acids is 1. The molecule has 72 valence electrons. The lowest BCUT2D eigenvalue weighted by Crippen LogP contribution is -2.45. The van der Waals surface area contributed by atoms with Gasteiger partial charge in [0.1, 0.15) is 6.10 Å². The highest BCUT2D eigenvalue weighted by Crippen LogP contribution is 2.02. The first-order chi connectivity index (χ1) is 5.54. The van der Waals surface area contributed by atoms with E-state index in [-0.39, 0.29) is 0 Å². The summed E-state index contributed by atoms with van der Waals surface area (Å²) >= 11 is 0. The third kappa shape index (κ3) is 2.82. The molecule has 0 unspecified atom stereocenters. The molecule has 0 aromatic heterocycles. The van der Waals surface area contributed by atoms with Crippen molar-refractivity contribution in [3.8, 4) is 0 Å². The highest BCUT2D eigenvalue weighted by Gasteiger charge is 2.29. The molecule has 0 aliphatic rings. The third-order valence-electron chi connectivity index (χ3n) is 1.36. The Morgan fingerprint density at radius 2 is 1.92 bits per heavy atom. The summed E-state index contributed by atoms with van der Waals surface area (Å²) in [4.78, 5) is 10.7. The van der Waals surface area contributed by atoms with Gasteiger partial charge >= 0.3 is 0 Å². The van der Waals surface area contributed by atoms with Crippen molar-refractivity contribution in [2.75, 3.05) is 13.2 Å². The van der Waals surface area contributed by atoms with Crippen LogP contribution in [0.1, 0.15) is 0 Å². The van der Waals surface area contributed by atoms with Crippen LogP contribution in [0.25, 0.3) is 0 Å². The molecule has 0 amide bonds. The van der Waals surface area contributed by atoms with E-state index in [4.69, 9.17) is 21.1 Å². The van der Waals surface area contributed by atoms with Gasteiger partial charge in [-0.1, -0.05) is 0 Å². The van der Waals surface area contributed by atoms with Crippen LogP contribution in [-0.2, 0) is 4.79 Å². The number of Topliss-reactive ketones (excluding diaryl/α,β-unsaturated/α-hetero) is 1. The van der Waals surface area contributed by atoms with Crippen LogP contribution in [0, 0.1) is 0 Å². The fourth-order valence-electron chi connectivity index (χ4n) is 0.577. The number of carbonyl (C=O) groups is 1. The molecular formula is C6H12FNO4. The van der Waals surface area contributed by atoms with Gasteiger partial charge in [-0.15, -0.1) is 0 Å². The second kappa shape index (κ2) is 5.15. The molecule has 0 aromatic rings. The van der Waals surface area contributed by atoms with Gasteiger partial charge in [0.2, 0.25) is 0 Å². The Kier molecular flexibility index (Phi) is 4.91. The van der Waals surface area contributed by atoms with E-state index >= 15 is 0 Å². The van der Waals surface area contributed by atoms with Crippen molar-refractivity contribution in [2.45, 2.75) is 18.3 Å². The molecule has 5 nitrogen and oxygen atoms in total. The van der Waals surface area contributed by atoms with Crippen LogP contribution in [0.4, 0.5) is 4.39 Å². The first-order valence-electron chi connectivity index (χ1n) is 3.37. The molecule has 0 heterocycles. The molecule has 6 heteroatoms. The van der Waals surface area contributed by atoms with E-state index in [1.54, 1.807) is 0 Å². The SMILES string of the molecule is N[C@@H](CO)C(=O)[C@H](F)[C@H](O)CO. The van der Waals surface area contributed by atoms with Gasteiger partial charge in [0.05, 0.1) is 19.3 Å². The van der Waals surface area contributed by atoms with E-state index in [2.05, 4.69) is 0 Å². The second-order valence-electron chi connectivity index (χ2n) is 2.34. The summed E-state index contributed by atoms with van der Waals surface area (Å²) in [5.41, 5.74) is 4.98. The molecule has 12 heavy (non-hydrogen) atoms. The summed E-state index contributed by atoms with van der Waals surface area (Å²) in [6.45, 7) is -1.54. The molecular weight excluding hydrogens is 169 g/mol. The Morgan fingerprint density at radius 3 is 2.25 bits per heavy atom. The molecule has 0 radical (unpaired) electrons. The Balaban J connectivity index is 4.09. The van der Waals surface area contributed by atoms with Crippen LogP contribution in [0.2, 0.25) is 0 Å². The maximum absolute atomic E-state index is 12.7. The quantitative estimate of drug-likeness (QED) is 0.377. The molecule has 0 spiro atoms. The van der Waals surface area contributed by atoms with E-state index in [9.17, 15) is 9.18 Å². The minimum absolute atomic E-state index is 0.683. The summed E-state index contributed by atoms with van der Waals surface area (Å²) in [5, 5.41) is 25.3. The minimum Gasteiger partial charge on any atom is -0.394 e. The number of ketones is 1. The van der Waals surface area contributed by atoms with Crippen LogP contribution in [-0.4, -0.2) is 52.6 Å². The summed E-state index contributed by atoms with van der Waals surface area (Å²) in [6, 6.07) is -1.35. The Hall–Kier alpha value is -0.560. The summed E-state index contributed by atoms with van der Waals surface area (Å²) in [5.74, 6) is -1.11. The first kappa shape index (κ1) is 11.4. The zero-order chi connectivity index (χ0) is 9.72. The molecule has 5 N–H and O–H groups in total. The molecule has 0 aromatic carbocycles. The largest absolute Gasteiger partial charge is 0.394 e. The number of hydrogen-bond acceptors (Lipinski definition) is 5. The maximum atomic E-state index is 12.7. The zero-order valence-corrected chi connectivity index (χ0v) is 6.35. The number of halogens is 1. The summed E-state index contributed by atoms with van der Waals surface area (Å²) < 4.78 is 12.7. The molecule has 0 aliphatic heterocycles. The number of aliphatic hydroxyl groups is 3. The van der Waals surface area contributed by atoms with Crippen molar-refractivity contribution in [1.29, 1.82) is 0 Å². The standard InChI is InChI=1S/C6H12FNO4/c7-5(4(11)2-10)6(12)3(8)1-9/h3-5,9-11H,1-2,8H2/t3-,4+,5+/m0/s1. The summed E-state index contributed by atoms with van der Waals surface area (Å²) in [6.07, 6.45) is -4.01. The van der Waals surface area contributed by atoms with E-state index in [1.165, 1.54) is 0 Å². The molecule has 3 atom stereocenters. The molecule has 0 rings (SSSR count). The lowest BCUT2D eigenvalue weighted by molar-refractivity contribution is -0.131. The Labute approximate surface area is 68.6 Å². The topological polar surface area (TPSA) is 104 Å². The number of hydrogen-bond donors (Lipinski definition) is 4. The highest BCUT2D eigenvalue weighted by atomic mass is 19.1. The number of alkyl halides is 1. The lowest BCUT2D eigenvalue weighted by atomic mass is 10.1. The smallest absolute Gasteiger partial charge is 0.188 e. The predicted molar refractivity (Wildman–Crippen MR) is 38.1 cm³/mol. The molecule has 0 saturated carbocycles. The fourth-order valence-corrected chi connectivity index (χ4v) is 0.577. The molecule has 0 bridgehead atoms. The van der Waals surface area contributed by atoms with Crippen LogP contribution in [0.3, 0.4) is 0 Å². The van der Waals surface area contributed by atoms with Crippen molar-refractivity contribution in [1.82, 2.24) is 0 Å². The van der Waals surface area contributed by atoms with Crippen molar-refractivity contribution >= 4 is 5.78 Å². The second-order valence-corrected chi connectivity index (χ2v) is 2.34. The van der Waals surface area contributed by atoms with Gasteiger partial charge in [-0.2, -0.15) is 0 Å². The van der Waals surface area contributed by atoms with Gasteiger partial charge in [0.15, 0.2) is 12.0 Å². The zero-order valence-electron chi connectivity index (χ0n) is 6.35. The normalized spacial score (nSPS) is 18.4. The summed E-state index contributed by atoms with van der Waals surface area (Å²) in [7, 11) is 0. The fraction of sp³-hybridized carbons (Fsp3) is 0.833. The number of aliphatic hydroxyl groups excluding tert-OH is 3. The van der Waals surface area contributed by atoms with Gasteiger partial charge in [-0.3, -0.25) is 4.79 Å². The van der Waals surface area contributed by atoms with Crippen molar-refractivity contribution in [2.24, 2.45) is 5.73 Å². The van der Waals surface area contributed by atoms with Crippen molar-refractivity contribution < 1.29 is 24.5 Å². The van der Waals surface area contributed by atoms with Crippen LogP contribution < -0.4 is 5.73 Å². The monoisotopic (exact) mass is 181 g/mol. The molecule has 0 fully saturated rings. The highest BCUT2D eigenvalue weighted by molar-refractivity contribution is 5.88. The minimum atomic E-state index is -2.24. The number of rotatable bonds is 5. The Bertz CT molecular complexity index is 154.